The first kappa shape index (κ1) is 19.9. The molecule has 0 atom stereocenters. The van der Waals surface area contributed by atoms with Crippen molar-refractivity contribution in [2.24, 2.45) is 0 Å². The van der Waals surface area contributed by atoms with E-state index in [0.717, 1.165) is 62.5 Å². The second-order valence-electron chi connectivity index (χ2n) is 7.61. The van der Waals surface area contributed by atoms with Crippen LogP contribution in [0, 0.1) is 11.3 Å². The van der Waals surface area contributed by atoms with E-state index in [2.05, 4.69) is 20.5 Å². The molecule has 0 aliphatic carbocycles. The number of carbonyl (C=O) groups is 1. The summed E-state index contributed by atoms with van der Waals surface area (Å²) in [5, 5.41) is 8.96. The van der Waals surface area contributed by atoms with Crippen LogP contribution in [0.3, 0.4) is 0 Å². The Kier molecular flexibility index (Phi) is 6.21. The molecule has 0 bridgehead atoms. The number of hydrogen-bond acceptors (Lipinski definition) is 4. The number of benzene rings is 2. The molecule has 6 nitrogen and oxygen atoms in total. The molecule has 1 saturated heterocycles. The van der Waals surface area contributed by atoms with E-state index in [1.165, 1.54) is 0 Å². The lowest BCUT2D eigenvalue weighted by atomic mass is 10.1. The van der Waals surface area contributed by atoms with Gasteiger partial charge in [-0.25, -0.2) is 4.98 Å². The second-order valence-corrected chi connectivity index (χ2v) is 7.61. The number of imidazole rings is 1. The zero-order valence-electron chi connectivity index (χ0n) is 16.9. The topological polar surface area (TPSA) is 65.2 Å². The first-order chi connectivity index (χ1) is 14.7. The Morgan fingerprint density at radius 1 is 0.967 bits per heavy atom. The number of nitrogens with zero attached hydrogens (tertiary/aromatic N) is 5. The Hall–Kier alpha value is -3.43. The summed E-state index contributed by atoms with van der Waals surface area (Å²) in [7, 11) is 0. The molecule has 1 aliphatic heterocycles. The molecule has 0 saturated carbocycles. The number of aromatic nitrogens is 2. The maximum atomic E-state index is 12.8. The predicted octanol–water partition coefficient (Wildman–Crippen LogP) is 3.15. The molecule has 0 radical (unpaired) electrons. The highest BCUT2D eigenvalue weighted by Gasteiger charge is 2.21. The van der Waals surface area contributed by atoms with Gasteiger partial charge in [-0.3, -0.25) is 9.69 Å². The summed E-state index contributed by atoms with van der Waals surface area (Å²) in [6.45, 7) is 4.87. The molecule has 4 rings (SSSR count). The first-order valence-electron chi connectivity index (χ1n) is 10.3. The monoisotopic (exact) mass is 399 g/mol. The number of hydrogen-bond donors (Lipinski definition) is 0. The smallest absolute Gasteiger partial charge is 0.253 e. The molecule has 1 amide bonds. The summed E-state index contributed by atoms with van der Waals surface area (Å²) < 4.78 is 2.15. The molecular weight excluding hydrogens is 374 g/mol. The van der Waals surface area contributed by atoms with Crippen LogP contribution in [0.15, 0.2) is 67.1 Å². The fourth-order valence-corrected chi connectivity index (χ4v) is 3.83. The summed E-state index contributed by atoms with van der Waals surface area (Å²) in [4.78, 5) is 21.5. The third kappa shape index (κ3) is 4.76. The molecule has 1 aromatic heterocycles. The van der Waals surface area contributed by atoms with Crippen molar-refractivity contribution in [2.75, 3.05) is 26.2 Å². The van der Waals surface area contributed by atoms with Crippen LogP contribution in [0.1, 0.15) is 33.6 Å². The summed E-state index contributed by atoms with van der Waals surface area (Å²) in [6, 6.07) is 19.3. The van der Waals surface area contributed by atoms with Gasteiger partial charge in [-0.2, -0.15) is 5.26 Å². The third-order valence-corrected chi connectivity index (χ3v) is 5.52. The lowest BCUT2D eigenvalue weighted by molar-refractivity contribution is 0.0761. The summed E-state index contributed by atoms with van der Waals surface area (Å²) >= 11 is 0. The van der Waals surface area contributed by atoms with Crippen LogP contribution in [0.4, 0.5) is 0 Å². The summed E-state index contributed by atoms with van der Waals surface area (Å²) in [5.74, 6) is 0.114. The average molecular weight is 399 g/mol. The van der Waals surface area contributed by atoms with Crippen molar-refractivity contribution in [3.63, 3.8) is 0 Å². The van der Waals surface area contributed by atoms with Crippen LogP contribution < -0.4 is 0 Å². The van der Waals surface area contributed by atoms with E-state index in [0.29, 0.717) is 5.56 Å². The zero-order valence-corrected chi connectivity index (χ0v) is 16.9. The van der Waals surface area contributed by atoms with Gasteiger partial charge in [0.25, 0.3) is 5.91 Å². The van der Waals surface area contributed by atoms with Gasteiger partial charge in [0, 0.05) is 51.0 Å². The Morgan fingerprint density at radius 2 is 1.77 bits per heavy atom. The van der Waals surface area contributed by atoms with E-state index in [1.54, 1.807) is 0 Å². The first-order valence-corrected chi connectivity index (χ1v) is 10.3. The van der Waals surface area contributed by atoms with Gasteiger partial charge < -0.3 is 9.47 Å². The van der Waals surface area contributed by atoms with Gasteiger partial charge in [0.2, 0.25) is 0 Å². The van der Waals surface area contributed by atoms with Gasteiger partial charge in [0.05, 0.1) is 23.7 Å². The highest BCUT2D eigenvalue weighted by molar-refractivity contribution is 5.94. The maximum absolute atomic E-state index is 12.8. The van der Waals surface area contributed by atoms with Gasteiger partial charge in [-0.1, -0.05) is 30.3 Å². The van der Waals surface area contributed by atoms with E-state index in [-0.39, 0.29) is 5.91 Å². The molecule has 2 aromatic carbocycles. The third-order valence-electron chi connectivity index (χ3n) is 5.52. The Balaban J connectivity index is 1.37. The largest absolute Gasteiger partial charge is 0.337 e. The quantitative estimate of drug-likeness (QED) is 0.661. The van der Waals surface area contributed by atoms with E-state index < -0.39 is 0 Å². The normalized spacial score (nSPS) is 14.8. The van der Waals surface area contributed by atoms with Crippen molar-refractivity contribution >= 4 is 5.91 Å². The average Bonchev–Trinajstić information content (AvgIpc) is 3.08. The molecule has 1 fully saturated rings. The van der Waals surface area contributed by atoms with Crippen LogP contribution in [0.5, 0.6) is 0 Å². The lowest BCUT2D eigenvalue weighted by Crippen LogP contribution is -2.35. The fourth-order valence-electron chi connectivity index (χ4n) is 3.83. The molecule has 3 aromatic rings. The maximum Gasteiger partial charge on any atom is 0.253 e. The van der Waals surface area contributed by atoms with Crippen molar-refractivity contribution in [3.8, 4) is 6.07 Å². The summed E-state index contributed by atoms with van der Waals surface area (Å²) in [5.41, 5.74) is 3.72. The molecule has 0 spiro atoms. The standard InChI is InChI=1S/C24H25N5O/c25-15-20-7-9-21(10-8-20)17-29-19-26-16-23(29)18-27-11-4-12-28(14-13-27)24(30)22-5-2-1-3-6-22/h1-3,5-10,16,19H,4,11-14,17-18H2. The van der Waals surface area contributed by atoms with Gasteiger partial charge in [0.1, 0.15) is 0 Å². The number of rotatable bonds is 5. The van der Waals surface area contributed by atoms with E-state index >= 15 is 0 Å². The van der Waals surface area contributed by atoms with Crippen molar-refractivity contribution in [1.82, 2.24) is 19.4 Å². The van der Waals surface area contributed by atoms with Crippen LogP contribution in [-0.4, -0.2) is 51.4 Å². The van der Waals surface area contributed by atoms with Crippen molar-refractivity contribution in [1.29, 1.82) is 5.26 Å². The lowest BCUT2D eigenvalue weighted by Gasteiger charge is -2.22. The van der Waals surface area contributed by atoms with Crippen molar-refractivity contribution in [3.05, 3.63) is 89.5 Å². The molecule has 2 heterocycles. The molecule has 152 valence electrons. The van der Waals surface area contributed by atoms with Crippen molar-refractivity contribution in [2.45, 2.75) is 19.5 Å². The van der Waals surface area contributed by atoms with E-state index in [9.17, 15) is 4.79 Å². The number of carbonyl (C=O) groups excluding carboxylic acids is 1. The van der Waals surface area contributed by atoms with Gasteiger partial charge in [0.15, 0.2) is 0 Å². The SMILES string of the molecule is N#Cc1ccc(Cn2cncc2CN2CCCN(C(=O)c3ccccc3)CC2)cc1. The summed E-state index contributed by atoms with van der Waals surface area (Å²) in [6.07, 6.45) is 4.74. The van der Waals surface area contributed by atoms with Crippen molar-refractivity contribution < 1.29 is 4.79 Å². The second kappa shape index (κ2) is 9.38. The van der Waals surface area contributed by atoms with Gasteiger partial charge >= 0.3 is 0 Å². The number of amides is 1. The minimum absolute atomic E-state index is 0.114. The molecule has 1 aliphatic rings. The van der Waals surface area contributed by atoms with Crippen LogP contribution in [0.2, 0.25) is 0 Å². The minimum Gasteiger partial charge on any atom is -0.337 e. The molecule has 30 heavy (non-hydrogen) atoms. The van der Waals surface area contributed by atoms with Crippen LogP contribution in [-0.2, 0) is 13.1 Å². The zero-order chi connectivity index (χ0) is 20.8. The van der Waals surface area contributed by atoms with Crippen LogP contribution in [0.25, 0.3) is 0 Å². The Morgan fingerprint density at radius 3 is 2.53 bits per heavy atom. The highest BCUT2D eigenvalue weighted by atomic mass is 16.2. The molecular formula is C24H25N5O. The fraction of sp³-hybridized carbons (Fsp3) is 0.292. The Labute approximate surface area is 177 Å². The molecule has 6 heteroatoms. The molecule has 0 unspecified atom stereocenters. The van der Waals surface area contributed by atoms with Crippen LogP contribution >= 0.6 is 0 Å². The molecule has 0 N–H and O–H groups in total. The Bertz CT molecular complexity index is 1020. The number of nitriles is 1. The van der Waals surface area contributed by atoms with E-state index in [4.69, 9.17) is 5.26 Å². The van der Waals surface area contributed by atoms with E-state index in [1.807, 2.05) is 72.0 Å². The highest BCUT2D eigenvalue weighted by Crippen LogP contribution is 2.14. The predicted molar refractivity (Wildman–Crippen MR) is 115 cm³/mol. The minimum atomic E-state index is 0.114. The van der Waals surface area contributed by atoms with Gasteiger partial charge in [-0.05, 0) is 36.2 Å². The van der Waals surface area contributed by atoms with Gasteiger partial charge in [-0.15, -0.1) is 0 Å².